The van der Waals surface area contributed by atoms with Gasteiger partial charge in [-0.3, -0.25) is 0 Å². The second kappa shape index (κ2) is 6.54. The summed E-state index contributed by atoms with van der Waals surface area (Å²) >= 11 is 1.80. The first kappa shape index (κ1) is 15.7. The van der Waals surface area contributed by atoms with Gasteiger partial charge in [0.05, 0.1) is 0 Å². The zero-order valence-corrected chi connectivity index (χ0v) is 14.1. The second-order valence-electron chi connectivity index (χ2n) is 5.76. The van der Waals surface area contributed by atoms with Gasteiger partial charge in [0.15, 0.2) is 0 Å². The van der Waals surface area contributed by atoms with Gasteiger partial charge in [0.1, 0.15) is 6.10 Å². The zero-order chi connectivity index (χ0) is 16.4. The molecular weight excluding hydrogens is 308 g/mol. The smallest absolute Gasteiger partial charge is 0.405 e. The van der Waals surface area contributed by atoms with Gasteiger partial charge in [-0.2, -0.15) is 0 Å². The van der Waals surface area contributed by atoms with Crippen LogP contribution >= 0.6 is 11.8 Å². The fraction of sp³-hybridized carbons (Fsp3) is 0.278. The number of amides is 1. The molecule has 0 saturated heterocycles. The molecule has 23 heavy (non-hydrogen) atoms. The standard InChI is InChI=1S/C18H20N2O2S/c1-20(2)14-5-3-4-12(10-14)13-6-7-15-16(22-18(19)21)8-9-23-17(15)11-13/h3-7,10-11,16H,8-9H2,1-2H3,(H2,19,21). The molecule has 0 aliphatic carbocycles. The molecule has 1 amide bonds. The molecule has 2 N–H and O–H groups in total. The third-order valence-corrected chi connectivity index (χ3v) is 5.06. The first-order valence-corrected chi connectivity index (χ1v) is 8.54. The van der Waals surface area contributed by atoms with E-state index in [0.29, 0.717) is 0 Å². The van der Waals surface area contributed by atoms with Gasteiger partial charge >= 0.3 is 6.09 Å². The molecule has 0 saturated carbocycles. The highest BCUT2D eigenvalue weighted by atomic mass is 32.2. The molecule has 3 rings (SSSR count). The fourth-order valence-corrected chi connectivity index (χ4v) is 3.89. The maximum Gasteiger partial charge on any atom is 0.405 e. The number of rotatable bonds is 3. The highest BCUT2D eigenvalue weighted by Gasteiger charge is 2.23. The van der Waals surface area contributed by atoms with E-state index in [2.05, 4.69) is 41.3 Å². The summed E-state index contributed by atoms with van der Waals surface area (Å²) in [5, 5.41) is 0. The summed E-state index contributed by atoms with van der Waals surface area (Å²) in [4.78, 5) is 14.3. The lowest BCUT2D eigenvalue weighted by Crippen LogP contribution is -2.20. The molecule has 120 valence electrons. The van der Waals surface area contributed by atoms with Crippen molar-refractivity contribution in [3.8, 4) is 11.1 Å². The summed E-state index contributed by atoms with van der Waals surface area (Å²) in [5.74, 6) is 0.923. The van der Waals surface area contributed by atoms with Gasteiger partial charge in [-0.1, -0.05) is 24.3 Å². The number of hydrogen-bond acceptors (Lipinski definition) is 4. The minimum absolute atomic E-state index is 0.231. The van der Waals surface area contributed by atoms with E-state index < -0.39 is 6.09 Å². The summed E-state index contributed by atoms with van der Waals surface area (Å²) in [6, 6.07) is 14.7. The number of nitrogens with zero attached hydrogens (tertiary/aromatic N) is 1. The molecule has 1 atom stereocenters. The van der Waals surface area contributed by atoms with Crippen molar-refractivity contribution in [3.05, 3.63) is 48.0 Å². The summed E-state index contributed by atoms with van der Waals surface area (Å²) < 4.78 is 5.23. The normalized spacial score (nSPS) is 16.5. The van der Waals surface area contributed by atoms with Crippen molar-refractivity contribution >= 4 is 23.5 Å². The Hall–Kier alpha value is -2.14. The predicted octanol–water partition coefficient (Wildman–Crippen LogP) is 4.05. The van der Waals surface area contributed by atoms with Crippen molar-refractivity contribution in [1.29, 1.82) is 0 Å². The molecule has 1 aliphatic heterocycles. The van der Waals surface area contributed by atoms with E-state index in [0.717, 1.165) is 22.6 Å². The van der Waals surface area contributed by atoms with Crippen LogP contribution in [0.1, 0.15) is 18.1 Å². The Morgan fingerprint density at radius 2 is 2.00 bits per heavy atom. The van der Waals surface area contributed by atoms with Crippen molar-refractivity contribution < 1.29 is 9.53 Å². The van der Waals surface area contributed by atoms with Gasteiger partial charge in [-0.05, 0) is 35.7 Å². The summed E-state index contributed by atoms with van der Waals surface area (Å²) in [7, 11) is 4.07. The van der Waals surface area contributed by atoms with Crippen LogP contribution in [0.4, 0.5) is 10.5 Å². The van der Waals surface area contributed by atoms with Crippen LogP contribution in [0.15, 0.2) is 47.4 Å². The van der Waals surface area contributed by atoms with E-state index in [1.807, 2.05) is 20.2 Å². The summed E-state index contributed by atoms with van der Waals surface area (Å²) in [6.45, 7) is 0. The molecule has 5 heteroatoms. The molecule has 0 spiro atoms. The van der Waals surface area contributed by atoms with Crippen molar-refractivity contribution in [3.63, 3.8) is 0 Å². The number of carbonyl (C=O) groups excluding carboxylic acids is 1. The highest BCUT2D eigenvalue weighted by Crippen LogP contribution is 2.40. The largest absolute Gasteiger partial charge is 0.441 e. The molecule has 1 heterocycles. The van der Waals surface area contributed by atoms with Gasteiger partial charge in [-0.25, -0.2) is 4.79 Å². The lowest BCUT2D eigenvalue weighted by atomic mass is 10.00. The van der Waals surface area contributed by atoms with Gasteiger partial charge < -0.3 is 15.4 Å². The van der Waals surface area contributed by atoms with E-state index in [1.54, 1.807) is 11.8 Å². The molecule has 0 fully saturated rings. The summed E-state index contributed by atoms with van der Waals surface area (Å²) in [5.41, 5.74) is 9.74. The maximum atomic E-state index is 11.1. The molecule has 2 aromatic rings. The van der Waals surface area contributed by atoms with Crippen molar-refractivity contribution in [2.24, 2.45) is 5.73 Å². The molecule has 1 unspecified atom stereocenters. The number of hydrogen-bond donors (Lipinski definition) is 1. The Bertz CT molecular complexity index is 731. The average Bonchev–Trinajstić information content (AvgIpc) is 2.54. The monoisotopic (exact) mass is 328 g/mol. The van der Waals surface area contributed by atoms with E-state index >= 15 is 0 Å². The second-order valence-corrected chi connectivity index (χ2v) is 6.90. The lowest BCUT2D eigenvalue weighted by Gasteiger charge is -2.25. The van der Waals surface area contributed by atoms with Gasteiger partial charge in [-0.15, -0.1) is 11.8 Å². The average molecular weight is 328 g/mol. The van der Waals surface area contributed by atoms with Crippen molar-refractivity contribution in [2.75, 3.05) is 24.7 Å². The number of benzene rings is 2. The first-order valence-electron chi connectivity index (χ1n) is 7.55. The van der Waals surface area contributed by atoms with Crippen molar-refractivity contribution in [1.82, 2.24) is 0 Å². The lowest BCUT2D eigenvalue weighted by molar-refractivity contribution is 0.102. The van der Waals surface area contributed by atoms with Crippen LogP contribution < -0.4 is 10.6 Å². The van der Waals surface area contributed by atoms with E-state index in [1.165, 1.54) is 16.8 Å². The van der Waals surface area contributed by atoms with E-state index in [4.69, 9.17) is 10.5 Å². The minimum Gasteiger partial charge on any atom is -0.441 e. The number of anilines is 1. The Morgan fingerprint density at radius 1 is 1.22 bits per heavy atom. The fourth-order valence-electron chi connectivity index (χ4n) is 2.76. The number of fused-ring (bicyclic) bond motifs is 1. The van der Waals surface area contributed by atoms with Crippen LogP contribution in [-0.4, -0.2) is 25.9 Å². The zero-order valence-electron chi connectivity index (χ0n) is 13.3. The van der Waals surface area contributed by atoms with Crippen LogP contribution in [0, 0.1) is 0 Å². The number of carbonyl (C=O) groups is 1. The van der Waals surface area contributed by atoms with Crippen LogP contribution in [0.3, 0.4) is 0 Å². The van der Waals surface area contributed by atoms with Crippen LogP contribution in [-0.2, 0) is 4.74 Å². The Balaban J connectivity index is 1.94. The molecule has 0 radical (unpaired) electrons. The van der Waals surface area contributed by atoms with Gasteiger partial charge in [0.25, 0.3) is 0 Å². The number of thioether (sulfide) groups is 1. The Morgan fingerprint density at radius 3 is 2.74 bits per heavy atom. The van der Waals surface area contributed by atoms with Crippen LogP contribution in [0.5, 0.6) is 0 Å². The number of primary amides is 1. The molecule has 1 aliphatic rings. The minimum atomic E-state index is -0.712. The number of nitrogens with two attached hydrogens (primary N) is 1. The molecule has 4 nitrogen and oxygen atoms in total. The third-order valence-electron chi connectivity index (χ3n) is 3.95. The third kappa shape index (κ3) is 3.45. The topological polar surface area (TPSA) is 55.6 Å². The Kier molecular flexibility index (Phi) is 4.48. The molecule has 0 bridgehead atoms. The molecule has 0 aromatic heterocycles. The van der Waals surface area contributed by atoms with Gasteiger partial charge in [0, 0.05) is 36.0 Å². The van der Waals surface area contributed by atoms with Crippen LogP contribution in [0.25, 0.3) is 11.1 Å². The van der Waals surface area contributed by atoms with E-state index in [-0.39, 0.29) is 6.10 Å². The van der Waals surface area contributed by atoms with E-state index in [9.17, 15) is 4.79 Å². The van der Waals surface area contributed by atoms with Crippen molar-refractivity contribution in [2.45, 2.75) is 17.4 Å². The van der Waals surface area contributed by atoms with Crippen LogP contribution in [0.2, 0.25) is 0 Å². The van der Waals surface area contributed by atoms with Gasteiger partial charge in [0.2, 0.25) is 0 Å². The quantitative estimate of drug-likeness (QED) is 0.923. The molecular formula is C18H20N2O2S. The predicted molar refractivity (Wildman–Crippen MR) is 95.0 cm³/mol. The highest BCUT2D eigenvalue weighted by molar-refractivity contribution is 7.99. The first-order chi connectivity index (χ1) is 11.0. The summed E-state index contributed by atoms with van der Waals surface area (Å²) in [6.07, 6.45) is -0.141. The molecule has 2 aromatic carbocycles. The number of ether oxygens (including phenoxy) is 1. The maximum absolute atomic E-state index is 11.1. The Labute approximate surface area is 140 Å². The SMILES string of the molecule is CN(C)c1cccc(-c2ccc3c(c2)SCCC3OC(N)=O)c1.